The van der Waals surface area contributed by atoms with Crippen LogP contribution in [0.5, 0.6) is 5.75 Å². The molecule has 1 aromatic heterocycles. The maximum Gasteiger partial charge on any atom is 0.360 e. The summed E-state index contributed by atoms with van der Waals surface area (Å²) in [5.74, 6) is 0.273. The van der Waals surface area contributed by atoms with Gasteiger partial charge in [-0.25, -0.2) is 4.79 Å². The van der Waals surface area contributed by atoms with Crippen molar-refractivity contribution in [3.8, 4) is 5.75 Å². The molecular formula is C30H41NO2. The van der Waals surface area contributed by atoms with Crippen LogP contribution in [-0.2, 0) is 6.42 Å². The molecule has 0 atom stereocenters. The van der Waals surface area contributed by atoms with E-state index in [1.807, 2.05) is 48.5 Å². The van der Waals surface area contributed by atoms with Crippen molar-refractivity contribution < 1.29 is 9.53 Å². The third-order valence-electron chi connectivity index (χ3n) is 6.43. The molecule has 3 heteroatoms. The summed E-state index contributed by atoms with van der Waals surface area (Å²) in [4.78, 5) is 15.7. The molecule has 0 spiro atoms. The van der Waals surface area contributed by atoms with Crippen LogP contribution in [0.2, 0.25) is 0 Å². The molecule has 0 saturated carbocycles. The predicted molar refractivity (Wildman–Crippen MR) is 139 cm³/mol. The second-order valence-corrected chi connectivity index (χ2v) is 9.30. The molecule has 0 fully saturated rings. The Labute approximate surface area is 199 Å². The summed E-state index contributed by atoms with van der Waals surface area (Å²) in [6, 6.07) is 17.7. The molecule has 3 aromatic rings. The zero-order chi connectivity index (χ0) is 23.1. The second kappa shape index (κ2) is 14.6. The van der Waals surface area contributed by atoms with Gasteiger partial charge in [0.1, 0.15) is 11.4 Å². The van der Waals surface area contributed by atoms with Crippen molar-refractivity contribution in [2.75, 3.05) is 0 Å². The van der Waals surface area contributed by atoms with Crippen molar-refractivity contribution >= 4 is 16.9 Å². The molecule has 0 amide bonds. The second-order valence-electron chi connectivity index (χ2n) is 9.30. The normalized spacial score (nSPS) is 11.2. The van der Waals surface area contributed by atoms with Gasteiger partial charge in [0.2, 0.25) is 0 Å². The lowest BCUT2D eigenvalue weighted by Gasteiger charge is -2.06. The fourth-order valence-corrected chi connectivity index (χ4v) is 4.46. The molecule has 1 heterocycles. The molecule has 0 bridgehead atoms. The smallest absolute Gasteiger partial charge is 0.360 e. The number of fused-ring (bicyclic) bond motifs is 1. The van der Waals surface area contributed by atoms with E-state index in [9.17, 15) is 4.79 Å². The van der Waals surface area contributed by atoms with Gasteiger partial charge in [-0.15, -0.1) is 0 Å². The topological polar surface area (TPSA) is 42.1 Å². The zero-order valence-electron chi connectivity index (χ0n) is 20.4. The van der Waals surface area contributed by atoms with Crippen molar-refractivity contribution in [1.29, 1.82) is 0 Å². The Morgan fingerprint density at radius 2 is 1.36 bits per heavy atom. The molecule has 0 unspecified atom stereocenters. The van der Waals surface area contributed by atoms with Gasteiger partial charge >= 0.3 is 5.97 Å². The summed E-state index contributed by atoms with van der Waals surface area (Å²) in [7, 11) is 0. The number of unbranched alkanes of at least 4 members (excludes halogenated alkanes) is 12. The number of hydrogen-bond acceptors (Lipinski definition) is 2. The molecule has 3 nitrogen and oxygen atoms in total. The molecule has 0 saturated heterocycles. The lowest BCUT2D eigenvalue weighted by molar-refractivity contribution is 0.0729. The quantitative estimate of drug-likeness (QED) is 0.135. The lowest BCUT2D eigenvalue weighted by atomic mass is 10.0. The third kappa shape index (κ3) is 9.07. The highest BCUT2D eigenvalue weighted by Crippen LogP contribution is 2.20. The van der Waals surface area contributed by atoms with Crippen LogP contribution in [0.15, 0.2) is 54.6 Å². The first-order valence-electron chi connectivity index (χ1n) is 13.1. The number of benzene rings is 2. The van der Waals surface area contributed by atoms with E-state index >= 15 is 0 Å². The van der Waals surface area contributed by atoms with Gasteiger partial charge in [0.25, 0.3) is 0 Å². The van der Waals surface area contributed by atoms with Gasteiger partial charge in [-0.05, 0) is 42.7 Å². The average Bonchev–Trinajstić information content (AvgIpc) is 3.27. The number of rotatable bonds is 16. The van der Waals surface area contributed by atoms with Gasteiger partial charge in [-0.1, -0.05) is 114 Å². The van der Waals surface area contributed by atoms with Crippen molar-refractivity contribution in [2.24, 2.45) is 0 Å². The van der Waals surface area contributed by atoms with Gasteiger partial charge in [-0.2, -0.15) is 0 Å². The van der Waals surface area contributed by atoms with Crippen molar-refractivity contribution in [3.05, 3.63) is 65.9 Å². The minimum atomic E-state index is -0.343. The first-order chi connectivity index (χ1) is 16.3. The van der Waals surface area contributed by atoms with Crippen LogP contribution in [0.25, 0.3) is 10.9 Å². The number of aryl methyl sites for hydroxylation is 1. The van der Waals surface area contributed by atoms with Crippen LogP contribution in [0.4, 0.5) is 0 Å². The minimum absolute atomic E-state index is 0.343. The van der Waals surface area contributed by atoms with Crippen LogP contribution in [0.1, 0.15) is 106 Å². The highest BCUT2D eigenvalue weighted by Gasteiger charge is 2.12. The minimum Gasteiger partial charge on any atom is -0.422 e. The number of ether oxygens (including phenoxy) is 1. The Morgan fingerprint density at radius 3 is 2.03 bits per heavy atom. The first-order valence-corrected chi connectivity index (χ1v) is 13.1. The Bertz CT molecular complexity index is 926. The summed E-state index contributed by atoms with van der Waals surface area (Å²) in [6.45, 7) is 2.28. The highest BCUT2D eigenvalue weighted by atomic mass is 16.5. The van der Waals surface area contributed by atoms with Gasteiger partial charge < -0.3 is 9.72 Å². The number of H-pyrrole nitrogens is 1. The van der Waals surface area contributed by atoms with E-state index in [1.165, 1.54) is 89.0 Å². The fraction of sp³-hybridized carbons (Fsp3) is 0.500. The van der Waals surface area contributed by atoms with Gasteiger partial charge in [0, 0.05) is 10.9 Å². The van der Waals surface area contributed by atoms with Crippen LogP contribution < -0.4 is 4.74 Å². The van der Waals surface area contributed by atoms with E-state index in [4.69, 9.17) is 4.74 Å². The first kappa shape index (κ1) is 25.1. The standard InChI is InChI=1S/C30H41NO2/c1-2-3-4-5-6-7-8-9-10-11-12-13-14-18-25-19-17-21-27(23-25)33-30(32)29-24-26-20-15-16-22-28(26)31-29/h15-17,19-24,31H,2-14,18H2,1H3. The third-order valence-corrected chi connectivity index (χ3v) is 6.43. The SMILES string of the molecule is CCCCCCCCCCCCCCCc1cccc(OC(=O)c2cc3ccccc3[nH]2)c1. The summed E-state index contributed by atoms with van der Waals surface area (Å²) in [5.41, 5.74) is 2.67. The molecule has 0 aliphatic carbocycles. The van der Waals surface area contributed by atoms with Crippen LogP contribution in [0, 0.1) is 0 Å². The number of nitrogens with one attached hydrogen (secondary N) is 1. The van der Waals surface area contributed by atoms with E-state index in [2.05, 4.69) is 18.0 Å². The van der Waals surface area contributed by atoms with Gasteiger partial charge in [-0.3, -0.25) is 0 Å². The Balaban J connectivity index is 1.28. The Hall–Kier alpha value is -2.55. The van der Waals surface area contributed by atoms with E-state index in [0.717, 1.165) is 17.3 Å². The predicted octanol–water partition coefficient (Wildman–Crippen LogP) is 9.02. The summed E-state index contributed by atoms with van der Waals surface area (Å²) in [5, 5.41) is 1.01. The van der Waals surface area contributed by atoms with E-state index in [1.54, 1.807) is 0 Å². The Morgan fingerprint density at radius 1 is 0.727 bits per heavy atom. The fourth-order valence-electron chi connectivity index (χ4n) is 4.46. The monoisotopic (exact) mass is 447 g/mol. The number of aromatic amines is 1. The molecule has 33 heavy (non-hydrogen) atoms. The number of hydrogen-bond donors (Lipinski definition) is 1. The summed E-state index contributed by atoms with van der Waals surface area (Å²) < 4.78 is 5.62. The maximum absolute atomic E-state index is 12.5. The Kier molecular flexibility index (Phi) is 11.1. The van der Waals surface area contributed by atoms with Crippen LogP contribution >= 0.6 is 0 Å². The molecule has 0 aliphatic heterocycles. The molecule has 178 valence electrons. The number of carbonyl (C=O) groups is 1. The largest absolute Gasteiger partial charge is 0.422 e. The zero-order valence-corrected chi connectivity index (χ0v) is 20.4. The van der Waals surface area contributed by atoms with E-state index in [0.29, 0.717) is 11.4 Å². The number of para-hydroxylation sites is 1. The van der Waals surface area contributed by atoms with Gasteiger partial charge in [0.15, 0.2) is 0 Å². The average molecular weight is 448 g/mol. The molecule has 0 radical (unpaired) electrons. The summed E-state index contributed by atoms with van der Waals surface area (Å²) in [6.07, 6.45) is 18.8. The molecule has 2 aromatic carbocycles. The molecular weight excluding hydrogens is 406 g/mol. The van der Waals surface area contributed by atoms with Crippen molar-refractivity contribution in [1.82, 2.24) is 4.98 Å². The van der Waals surface area contributed by atoms with Crippen LogP contribution in [-0.4, -0.2) is 11.0 Å². The molecule has 3 rings (SSSR count). The number of aromatic nitrogens is 1. The van der Waals surface area contributed by atoms with Crippen molar-refractivity contribution in [2.45, 2.75) is 96.8 Å². The number of esters is 1. The lowest BCUT2D eigenvalue weighted by Crippen LogP contribution is -2.08. The molecule has 1 N–H and O–H groups in total. The summed E-state index contributed by atoms with van der Waals surface area (Å²) >= 11 is 0. The highest BCUT2D eigenvalue weighted by molar-refractivity contribution is 5.95. The van der Waals surface area contributed by atoms with Gasteiger partial charge in [0.05, 0.1) is 0 Å². The van der Waals surface area contributed by atoms with E-state index < -0.39 is 0 Å². The van der Waals surface area contributed by atoms with Crippen molar-refractivity contribution in [3.63, 3.8) is 0 Å². The van der Waals surface area contributed by atoms with E-state index in [-0.39, 0.29) is 5.97 Å². The maximum atomic E-state index is 12.5. The number of carbonyl (C=O) groups excluding carboxylic acids is 1. The molecule has 0 aliphatic rings. The van der Waals surface area contributed by atoms with Crippen LogP contribution in [0.3, 0.4) is 0 Å².